The van der Waals surface area contributed by atoms with Crippen LogP contribution in [0.4, 0.5) is 5.69 Å². The van der Waals surface area contributed by atoms with Gasteiger partial charge in [0.05, 0.1) is 31.2 Å². The number of amides is 1. The molecule has 1 amide bonds. The van der Waals surface area contributed by atoms with Gasteiger partial charge in [-0.2, -0.15) is 0 Å². The lowest BCUT2D eigenvalue weighted by Crippen LogP contribution is -2.16. The van der Waals surface area contributed by atoms with Gasteiger partial charge < -0.3 is 14.8 Å². The Kier molecular flexibility index (Phi) is 5.81. The number of aromatic nitrogens is 2. The van der Waals surface area contributed by atoms with Gasteiger partial charge in [0.25, 0.3) is 5.91 Å². The second-order valence-corrected chi connectivity index (χ2v) is 5.36. The number of nitrogens with zero attached hydrogens (tertiary/aromatic N) is 2. The molecule has 1 heterocycles. The topological polar surface area (TPSA) is 73.3 Å². The van der Waals surface area contributed by atoms with Crippen LogP contribution in [-0.4, -0.2) is 36.4 Å². The molecule has 7 heteroatoms. The van der Waals surface area contributed by atoms with Crippen LogP contribution in [0.3, 0.4) is 0 Å². The van der Waals surface area contributed by atoms with Crippen LogP contribution in [0.1, 0.15) is 23.0 Å². The van der Waals surface area contributed by atoms with E-state index >= 15 is 0 Å². The van der Waals surface area contributed by atoms with Gasteiger partial charge in [-0.25, -0.2) is 9.97 Å². The molecule has 1 aromatic heterocycles. The van der Waals surface area contributed by atoms with Crippen LogP contribution in [0.15, 0.2) is 29.6 Å². The molecular formula is C16H19N3O3S. The summed E-state index contributed by atoms with van der Waals surface area (Å²) in [5.74, 6) is 0.908. The van der Waals surface area contributed by atoms with E-state index in [2.05, 4.69) is 15.3 Å². The lowest BCUT2D eigenvalue weighted by Gasteiger charge is -2.13. The molecular weight excluding hydrogens is 314 g/mol. The fourth-order valence-electron chi connectivity index (χ4n) is 2.06. The fraction of sp³-hybridized carbons (Fsp3) is 0.312. The summed E-state index contributed by atoms with van der Waals surface area (Å²) in [6.45, 7) is 1.95. The molecule has 0 bridgehead atoms. The Morgan fingerprint density at radius 2 is 2.09 bits per heavy atom. The van der Waals surface area contributed by atoms with E-state index < -0.39 is 0 Å². The van der Waals surface area contributed by atoms with Crippen molar-refractivity contribution >= 4 is 23.4 Å². The lowest BCUT2D eigenvalue weighted by atomic mass is 10.1. The highest BCUT2D eigenvalue weighted by molar-refractivity contribution is 7.98. The molecule has 1 aromatic carbocycles. The van der Waals surface area contributed by atoms with Crippen molar-refractivity contribution < 1.29 is 14.3 Å². The number of ether oxygens (including phenoxy) is 2. The molecule has 0 saturated carbocycles. The Hall–Kier alpha value is -2.28. The lowest BCUT2D eigenvalue weighted by molar-refractivity contribution is 0.102. The molecule has 0 spiro atoms. The molecule has 23 heavy (non-hydrogen) atoms. The van der Waals surface area contributed by atoms with Gasteiger partial charge in [0.2, 0.25) is 0 Å². The first-order valence-electron chi connectivity index (χ1n) is 7.06. The Morgan fingerprint density at radius 1 is 1.30 bits per heavy atom. The van der Waals surface area contributed by atoms with E-state index in [9.17, 15) is 4.79 Å². The average Bonchev–Trinajstić information content (AvgIpc) is 2.60. The standard InChI is InChI=1S/C16H19N3O3S/c1-5-12-11(9-17-16(19-12)23-4)15(20)18-13-8-10(21-2)6-7-14(13)22-3/h6-9H,5H2,1-4H3,(H,18,20). The number of carbonyl (C=O) groups is 1. The van der Waals surface area contributed by atoms with Crippen LogP contribution >= 0.6 is 11.8 Å². The predicted octanol–water partition coefficient (Wildman–Crippen LogP) is 3.03. The first-order chi connectivity index (χ1) is 11.1. The third-order valence-electron chi connectivity index (χ3n) is 3.26. The largest absolute Gasteiger partial charge is 0.497 e. The fourth-order valence-corrected chi connectivity index (χ4v) is 2.42. The first kappa shape index (κ1) is 17.1. The Labute approximate surface area is 139 Å². The predicted molar refractivity (Wildman–Crippen MR) is 90.7 cm³/mol. The third kappa shape index (κ3) is 3.92. The van der Waals surface area contributed by atoms with Crippen molar-refractivity contribution in [3.63, 3.8) is 0 Å². The van der Waals surface area contributed by atoms with Crippen molar-refractivity contribution in [2.24, 2.45) is 0 Å². The highest BCUT2D eigenvalue weighted by atomic mass is 32.2. The first-order valence-corrected chi connectivity index (χ1v) is 8.28. The van der Waals surface area contributed by atoms with Gasteiger partial charge in [0, 0.05) is 12.3 Å². The normalized spacial score (nSPS) is 10.3. The molecule has 0 aliphatic heterocycles. The molecule has 0 atom stereocenters. The quantitative estimate of drug-likeness (QED) is 0.647. The minimum absolute atomic E-state index is 0.277. The van der Waals surface area contributed by atoms with Crippen molar-refractivity contribution in [2.45, 2.75) is 18.5 Å². The van der Waals surface area contributed by atoms with E-state index in [-0.39, 0.29) is 5.91 Å². The molecule has 1 N–H and O–H groups in total. The van der Waals surface area contributed by atoms with Gasteiger partial charge in [-0.15, -0.1) is 0 Å². The Morgan fingerprint density at radius 3 is 2.70 bits per heavy atom. The van der Waals surface area contributed by atoms with E-state index in [1.54, 1.807) is 38.6 Å². The van der Waals surface area contributed by atoms with Crippen LogP contribution in [0.2, 0.25) is 0 Å². The summed E-state index contributed by atoms with van der Waals surface area (Å²) in [5.41, 5.74) is 1.70. The van der Waals surface area contributed by atoms with Crippen molar-refractivity contribution in [3.8, 4) is 11.5 Å². The summed E-state index contributed by atoms with van der Waals surface area (Å²) in [7, 11) is 3.11. The van der Waals surface area contributed by atoms with Crippen LogP contribution < -0.4 is 14.8 Å². The number of hydrogen-bond donors (Lipinski definition) is 1. The number of nitrogens with one attached hydrogen (secondary N) is 1. The molecule has 0 fully saturated rings. The van der Waals surface area contributed by atoms with Crippen LogP contribution in [0.5, 0.6) is 11.5 Å². The number of rotatable bonds is 6. The Balaban J connectivity index is 2.32. The van der Waals surface area contributed by atoms with Gasteiger partial charge in [-0.1, -0.05) is 18.7 Å². The van der Waals surface area contributed by atoms with Gasteiger partial charge in [-0.05, 0) is 24.8 Å². The van der Waals surface area contributed by atoms with Crippen molar-refractivity contribution in [2.75, 3.05) is 25.8 Å². The second-order valence-electron chi connectivity index (χ2n) is 4.59. The molecule has 0 aliphatic rings. The zero-order chi connectivity index (χ0) is 16.8. The van der Waals surface area contributed by atoms with Gasteiger partial charge in [0.15, 0.2) is 5.16 Å². The Bertz CT molecular complexity index is 707. The summed E-state index contributed by atoms with van der Waals surface area (Å²) in [5, 5.41) is 3.48. The number of methoxy groups -OCH3 is 2. The molecule has 122 valence electrons. The molecule has 2 aromatic rings. The molecule has 0 aliphatic carbocycles. The summed E-state index contributed by atoms with van der Waals surface area (Å²) in [6, 6.07) is 5.21. The van der Waals surface area contributed by atoms with Crippen molar-refractivity contribution in [1.29, 1.82) is 0 Å². The molecule has 2 rings (SSSR count). The highest BCUT2D eigenvalue weighted by Gasteiger charge is 2.16. The number of carbonyl (C=O) groups excluding carboxylic acids is 1. The van der Waals surface area contributed by atoms with Gasteiger partial charge in [0.1, 0.15) is 11.5 Å². The smallest absolute Gasteiger partial charge is 0.259 e. The zero-order valence-electron chi connectivity index (χ0n) is 13.5. The number of benzene rings is 1. The average molecular weight is 333 g/mol. The van der Waals surface area contributed by atoms with Crippen LogP contribution in [0, 0.1) is 0 Å². The van der Waals surface area contributed by atoms with E-state index in [0.717, 1.165) is 0 Å². The minimum Gasteiger partial charge on any atom is -0.497 e. The van der Waals surface area contributed by atoms with E-state index in [1.165, 1.54) is 11.8 Å². The molecule has 0 saturated heterocycles. The SMILES string of the molecule is CCc1nc(SC)ncc1C(=O)Nc1cc(OC)ccc1OC. The highest BCUT2D eigenvalue weighted by Crippen LogP contribution is 2.29. The van der Waals surface area contributed by atoms with E-state index in [0.29, 0.717) is 40.0 Å². The monoisotopic (exact) mass is 333 g/mol. The second kappa shape index (κ2) is 7.82. The summed E-state index contributed by atoms with van der Waals surface area (Å²) in [6.07, 6.45) is 4.10. The van der Waals surface area contributed by atoms with E-state index in [4.69, 9.17) is 9.47 Å². The number of thioether (sulfide) groups is 1. The molecule has 0 radical (unpaired) electrons. The maximum atomic E-state index is 12.6. The summed E-state index contributed by atoms with van der Waals surface area (Å²) in [4.78, 5) is 21.1. The molecule has 6 nitrogen and oxygen atoms in total. The van der Waals surface area contributed by atoms with Crippen LogP contribution in [0.25, 0.3) is 0 Å². The maximum absolute atomic E-state index is 12.6. The van der Waals surface area contributed by atoms with Crippen molar-refractivity contribution in [1.82, 2.24) is 9.97 Å². The maximum Gasteiger partial charge on any atom is 0.259 e. The summed E-state index contributed by atoms with van der Waals surface area (Å²) >= 11 is 1.44. The number of aryl methyl sites for hydroxylation is 1. The minimum atomic E-state index is -0.277. The zero-order valence-corrected chi connectivity index (χ0v) is 14.4. The van der Waals surface area contributed by atoms with Crippen LogP contribution in [-0.2, 0) is 6.42 Å². The molecule has 0 unspecified atom stereocenters. The van der Waals surface area contributed by atoms with Crippen molar-refractivity contribution in [3.05, 3.63) is 35.7 Å². The van der Waals surface area contributed by atoms with Gasteiger partial charge >= 0.3 is 0 Å². The van der Waals surface area contributed by atoms with Gasteiger partial charge in [-0.3, -0.25) is 4.79 Å². The van der Waals surface area contributed by atoms with E-state index in [1.807, 2.05) is 13.2 Å². The summed E-state index contributed by atoms with van der Waals surface area (Å²) < 4.78 is 10.5. The number of hydrogen-bond acceptors (Lipinski definition) is 6. The number of anilines is 1. The third-order valence-corrected chi connectivity index (χ3v) is 3.82.